The number of likely N-dealkylation sites (tertiary alicyclic amines) is 2. The van der Waals surface area contributed by atoms with Crippen LogP contribution in [0.1, 0.15) is 37.4 Å². The van der Waals surface area contributed by atoms with Crippen molar-refractivity contribution in [2.45, 2.75) is 31.8 Å². The van der Waals surface area contributed by atoms with E-state index in [2.05, 4.69) is 0 Å². The summed E-state index contributed by atoms with van der Waals surface area (Å²) in [6, 6.07) is 6.71. The molecule has 130 valence electrons. The van der Waals surface area contributed by atoms with Crippen molar-refractivity contribution in [1.29, 1.82) is 0 Å². The molecule has 0 saturated carbocycles. The fourth-order valence-corrected chi connectivity index (χ4v) is 3.93. The number of aliphatic hydroxyl groups excluding tert-OH is 1. The zero-order chi connectivity index (χ0) is 17.3. The summed E-state index contributed by atoms with van der Waals surface area (Å²) < 4.78 is 0. The van der Waals surface area contributed by atoms with Crippen LogP contribution in [0.5, 0.6) is 0 Å². The second-order valence-electron chi connectivity index (χ2n) is 7.03. The standard InChI is InChI=1S/C18H23ClN2O3/c1-20-12-18(7-6-15(20)22)8-10-21(11-9-18)17(24)16(23)13-2-4-14(19)5-3-13/h2-5,16,23H,6-12H2,1H3/t16-/m1/s1. The molecular weight excluding hydrogens is 328 g/mol. The molecule has 2 heterocycles. The molecule has 5 nitrogen and oxygen atoms in total. The van der Waals surface area contributed by atoms with Crippen LogP contribution >= 0.6 is 11.6 Å². The third-order valence-corrected chi connectivity index (χ3v) is 5.67. The van der Waals surface area contributed by atoms with Gasteiger partial charge in [0.25, 0.3) is 5.91 Å². The van der Waals surface area contributed by atoms with E-state index in [-0.39, 0.29) is 17.2 Å². The molecule has 2 saturated heterocycles. The van der Waals surface area contributed by atoms with E-state index in [1.54, 1.807) is 29.2 Å². The van der Waals surface area contributed by atoms with Crippen LogP contribution < -0.4 is 0 Å². The molecule has 1 atom stereocenters. The van der Waals surface area contributed by atoms with Crippen LogP contribution in [0.15, 0.2) is 24.3 Å². The van der Waals surface area contributed by atoms with Crippen molar-refractivity contribution in [3.05, 3.63) is 34.9 Å². The zero-order valence-electron chi connectivity index (χ0n) is 13.9. The minimum atomic E-state index is -1.15. The van der Waals surface area contributed by atoms with Crippen LogP contribution in [0, 0.1) is 5.41 Å². The predicted molar refractivity (Wildman–Crippen MR) is 91.5 cm³/mol. The molecule has 0 radical (unpaired) electrons. The summed E-state index contributed by atoms with van der Waals surface area (Å²) in [7, 11) is 1.85. The van der Waals surface area contributed by atoms with E-state index in [9.17, 15) is 14.7 Å². The van der Waals surface area contributed by atoms with E-state index in [4.69, 9.17) is 11.6 Å². The first-order valence-corrected chi connectivity index (χ1v) is 8.74. The first kappa shape index (κ1) is 17.2. The van der Waals surface area contributed by atoms with Crippen molar-refractivity contribution < 1.29 is 14.7 Å². The summed E-state index contributed by atoms with van der Waals surface area (Å²) in [6.07, 6.45) is 2.11. The molecule has 0 unspecified atom stereocenters. The highest BCUT2D eigenvalue weighted by Crippen LogP contribution is 2.40. The number of rotatable bonds is 2. The molecule has 1 aromatic rings. The fraction of sp³-hybridized carbons (Fsp3) is 0.556. The normalized spacial score (nSPS) is 21.9. The highest BCUT2D eigenvalue weighted by molar-refractivity contribution is 6.30. The van der Waals surface area contributed by atoms with Gasteiger partial charge in [0.15, 0.2) is 6.10 Å². The number of carbonyl (C=O) groups is 2. The molecule has 6 heteroatoms. The third kappa shape index (κ3) is 3.42. The second-order valence-corrected chi connectivity index (χ2v) is 7.47. The summed E-state index contributed by atoms with van der Waals surface area (Å²) in [5, 5.41) is 10.9. The Bertz CT molecular complexity index is 624. The highest BCUT2D eigenvalue weighted by atomic mass is 35.5. The van der Waals surface area contributed by atoms with Gasteiger partial charge in [-0.3, -0.25) is 9.59 Å². The maximum Gasteiger partial charge on any atom is 0.256 e. The fourth-order valence-electron chi connectivity index (χ4n) is 3.80. The summed E-state index contributed by atoms with van der Waals surface area (Å²) in [5.74, 6) is -0.0512. The van der Waals surface area contributed by atoms with Crippen molar-refractivity contribution >= 4 is 23.4 Å². The number of aliphatic hydroxyl groups is 1. The Labute approximate surface area is 147 Å². The van der Waals surface area contributed by atoms with Gasteiger partial charge in [0, 0.05) is 38.1 Å². The average molecular weight is 351 g/mol. The maximum atomic E-state index is 12.5. The van der Waals surface area contributed by atoms with Crippen molar-refractivity contribution in [3.63, 3.8) is 0 Å². The van der Waals surface area contributed by atoms with Crippen molar-refractivity contribution in [3.8, 4) is 0 Å². The molecule has 1 N–H and O–H groups in total. The lowest BCUT2D eigenvalue weighted by molar-refractivity contribution is -0.146. The van der Waals surface area contributed by atoms with Crippen LogP contribution in [0.3, 0.4) is 0 Å². The molecule has 1 aromatic carbocycles. The van der Waals surface area contributed by atoms with Crippen molar-refractivity contribution in [2.24, 2.45) is 5.41 Å². The van der Waals surface area contributed by atoms with E-state index in [1.807, 2.05) is 11.9 Å². The number of hydrogen-bond acceptors (Lipinski definition) is 3. The molecule has 0 bridgehead atoms. The smallest absolute Gasteiger partial charge is 0.256 e. The number of halogens is 1. The molecule has 0 aliphatic carbocycles. The summed E-state index contributed by atoms with van der Waals surface area (Å²) in [6.45, 7) is 2.03. The van der Waals surface area contributed by atoms with Crippen LogP contribution in [0.25, 0.3) is 0 Å². The number of carbonyl (C=O) groups excluding carboxylic acids is 2. The highest BCUT2D eigenvalue weighted by Gasteiger charge is 2.41. The molecule has 0 aromatic heterocycles. The van der Waals surface area contributed by atoms with Crippen LogP contribution in [0.4, 0.5) is 0 Å². The van der Waals surface area contributed by atoms with Crippen LogP contribution in [-0.2, 0) is 9.59 Å². The number of benzene rings is 1. The predicted octanol–water partition coefficient (Wildman–Crippen LogP) is 2.23. The van der Waals surface area contributed by atoms with Gasteiger partial charge in [-0.25, -0.2) is 0 Å². The van der Waals surface area contributed by atoms with Gasteiger partial charge in [0.05, 0.1) is 0 Å². The topological polar surface area (TPSA) is 60.9 Å². The second kappa shape index (κ2) is 6.73. The van der Waals surface area contributed by atoms with Crippen molar-refractivity contribution in [2.75, 3.05) is 26.7 Å². The van der Waals surface area contributed by atoms with E-state index in [1.165, 1.54) is 0 Å². The monoisotopic (exact) mass is 350 g/mol. The quantitative estimate of drug-likeness (QED) is 0.889. The van der Waals surface area contributed by atoms with Crippen LogP contribution in [0.2, 0.25) is 5.02 Å². The third-order valence-electron chi connectivity index (χ3n) is 5.42. The Balaban J connectivity index is 1.61. The van der Waals surface area contributed by atoms with Crippen molar-refractivity contribution in [1.82, 2.24) is 9.80 Å². The Hall–Kier alpha value is -1.59. The van der Waals surface area contributed by atoms with Gasteiger partial charge in [-0.05, 0) is 42.4 Å². The van der Waals surface area contributed by atoms with Gasteiger partial charge < -0.3 is 14.9 Å². The number of amides is 2. The van der Waals surface area contributed by atoms with Crippen LogP contribution in [-0.4, -0.2) is 53.4 Å². The maximum absolute atomic E-state index is 12.5. The first-order valence-electron chi connectivity index (χ1n) is 8.37. The van der Waals surface area contributed by atoms with E-state index >= 15 is 0 Å². The van der Waals surface area contributed by atoms with Gasteiger partial charge in [-0.1, -0.05) is 23.7 Å². The van der Waals surface area contributed by atoms with E-state index in [0.717, 1.165) is 25.8 Å². The molecule has 3 rings (SSSR count). The summed E-state index contributed by atoms with van der Waals surface area (Å²) in [5.41, 5.74) is 0.692. The lowest BCUT2D eigenvalue weighted by atomic mass is 9.72. The Morgan fingerprint density at radius 3 is 2.42 bits per heavy atom. The SMILES string of the molecule is CN1CC2(CCC1=O)CCN(C(=O)[C@H](O)c1ccc(Cl)cc1)CC2. The van der Waals surface area contributed by atoms with E-state index in [0.29, 0.717) is 30.1 Å². The number of nitrogens with zero attached hydrogens (tertiary/aromatic N) is 2. The molecule has 2 aliphatic rings. The largest absolute Gasteiger partial charge is 0.378 e. The Kier molecular flexibility index (Phi) is 4.83. The first-order chi connectivity index (χ1) is 11.4. The Morgan fingerprint density at radius 1 is 1.21 bits per heavy atom. The average Bonchev–Trinajstić information content (AvgIpc) is 2.59. The minimum absolute atomic E-state index is 0.130. The molecule has 24 heavy (non-hydrogen) atoms. The zero-order valence-corrected chi connectivity index (χ0v) is 14.6. The summed E-state index contributed by atoms with van der Waals surface area (Å²) >= 11 is 5.84. The summed E-state index contributed by atoms with van der Waals surface area (Å²) in [4.78, 5) is 27.8. The Morgan fingerprint density at radius 2 is 1.83 bits per heavy atom. The minimum Gasteiger partial charge on any atom is -0.378 e. The van der Waals surface area contributed by atoms with Gasteiger partial charge in [0.2, 0.25) is 5.91 Å². The molecule has 2 amide bonds. The lowest BCUT2D eigenvalue weighted by Crippen LogP contribution is -2.51. The van der Waals surface area contributed by atoms with Gasteiger partial charge in [-0.15, -0.1) is 0 Å². The van der Waals surface area contributed by atoms with Gasteiger partial charge in [-0.2, -0.15) is 0 Å². The molecular formula is C18H23ClN2O3. The lowest BCUT2D eigenvalue weighted by Gasteiger charge is -2.46. The number of piperidine rings is 2. The molecule has 2 aliphatic heterocycles. The molecule has 1 spiro atoms. The van der Waals surface area contributed by atoms with Gasteiger partial charge >= 0.3 is 0 Å². The number of hydrogen-bond donors (Lipinski definition) is 1. The van der Waals surface area contributed by atoms with Gasteiger partial charge in [0.1, 0.15) is 0 Å². The molecule has 2 fully saturated rings. The van der Waals surface area contributed by atoms with E-state index < -0.39 is 6.10 Å².